The number of nitrogens with zero attached hydrogens (tertiary/aromatic N) is 2. The molecule has 3 aromatic rings. The molecular weight excluding hydrogens is 417 g/mol. The second-order valence-corrected chi connectivity index (χ2v) is 6.92. The summed E-state index contributed by atoms with van der Waals surface area (Å²) in [6.45, 7) is 5.67. The lowest BCUT2D eigenvalue weighted by Gasteiger charge is -2.15. The summed E-state index contributed by atoms with van der Waals surface area (Å²) in [6, 6.07) is 11.5. The van der Waals surface area contributed by atoms with Crippen LogP contribution in [0.25, 0.3) is 5.69 Å². The first-order chi connectivity index (χ1) is 11.5. The first-order valence-corrected chi connectivity index (χ1v) is 8.72. The SMILES string of the molecule is Cc1noc(C)c1C(C)NC(=O)c1cccn1-c1cccc(I)c1. The number of halogens is 1. The molecule has 24 heavy (non-hydrogen) atoms. The first-order valence-electron chi connectivity index (χ1n) is 7.64. The predicted molar refractivity (Wildman–Crippen MR) is 100 cm³/mol. The van der Waals surface area contributed by atoms with E-state index in [0.717, 1.165) is 26.3 Å². The van der Waals surface area contributed by atoms with Gasteiger partial charge in [0.15, 0.2) is 0 Å². The topological polar surface area (TPSA) is 60.1 Å². The quantitative estimate of drug-likeness (QED) is 0.626. The van der Waals surface area contributed by atoms with E-state index in [1.54, 1.807) is 0 Å². The molecule has 0 aliphatic heterocycles. The Kier molecular flexibility index (Phi) is 4.75. The molecule has 1 N–H and O–H groups in total. The Morgan fingerprint density at radius 1 is 1.29 bits per heavy atom. The van der Waals surface area contributed by atoms with Crippen molar-refractivity contribution in [2.75, 3.05) is 0 Å². The maximum absolute atomic E-state index is 12.7. The van der Waals surface area contributed by atoms with Gasteiger partial charge in [0.05, 0.1) is 11.7 Å². The van der Waals surface area contributed by atoms with E-state index in [4.69, 9.17) is 4.52 Å². The summed E-state index contributed by atoms with van der Waals surface area (Å²) in [4.78, 5) is 12.7. The molecule has 0 fully saturated rings. The van der Waals surface area contributed by atoms with Crippen LogP contribution in [0.15, 0.2) is 47.1 Å². The lowest BCUT2D eigenvalue weighted by Crippen LogP contribution is -2.28. The van der Waals surface area contributed by atoms with E-state index in [1.807, 2.05) is 67.9 Å². The van der Waals surface area contributed by atoms with Gasteiger partial charge in [0, 0.05) is 21.0 Å². The highest BCUT2D eigenvalue weighted by atomic mass is 127. The number of hydrogen-bond donors (Lipinski definition) is 1. The molecule has 1 amide bonds. The molecule has 1 aromatic carbocycles. The summed E-state index contributed by atoms with van der Waals surface area (Å²) < 4.78 is 8.19. The highest BCUT2D eigenvalue weighted by molar-refractivity contribution is 14.1. The van der Waals surface area contributed by atoms with Crippen LogP contribution in [0.5, 0.6) is 0 Å². The number of carbonyl (C=O) groups excluding carboxylic acids is 1. The molecule has 0 radical (unpaired) electrons. The van der Waals surface area contributed by atoms with Crippen LogP contribution in [0.4, 0.5) is 0 Å². The fourth-order valence-electron chi connectivity index (χ4n) is 2.87. The smallest absolute Gasteiger partial charge is 0.268 e. The second-order valence-electron chi connectivity index (χ2n) is 5.68. The van der Waals surface area contributed by atoms with Crippen molar-refractivity contribution in [1.82, 2.24) is 15.0 Å². The molecule has 1 unspecified atom stereocenters. The Hall–Kier alpha value is -2.09. The minimum atomic E-state index is -0.178. The van der Waals surface area contributed by atoms with Crippen LogP contribution in [0.3, 0.4) is 0 Å². The van der Waals surface area contributed by atoms with Crippen LogP contribution < -0.4 is 5.32 Å². The normalized spacial score (nSPS) is 12.2. The number of benzene rings is 1. The van der Waals surface area contributed by atoms with Crippen molar-refractivity contribution < 1.29 is 9.32 Å². The molecule has 3 rings (SSSR count). The van der Waals surface area contributed by atoms with Gasteiger partial charge >= 0.3 is 0 Å². The summed E-state index contributed by atoms with van der Waals surface area (Å²) in [5.74, 6) is 0.597. The van der Waals surface area contributed by atoms with Crippen molar-refractivity contribution in [3.8, 4) is 5.69 Å². The zero-order valence-corrected chi connectivity index (χ0v) is 15.9. The van der Waals surface area contributed by atoms with Crippen LogP contribution in [0.2, 0.25) is 0 Å². The van der Waals surface area contributed by atoms with Crippen molar-refractivity contribution in [3.05, 3.63) is 68.9 Å². The molecule has 2 aromatic heterocycles. The van der Waals surface area contributed by atoms with E-state index < -0.39 is 0 Å². The second kappa shape index (κ2) is 6.80. The van der Waals surface area contributed by atoms with Gasteiger partial charge in [0.25, 0.3) is 5.91 Å². The fourth-order valence-corrected chi connectivity index (χ4v) is 3.39. The lowest BCUT2D eigenvalue weighted by molar-refractivity contribution is 0.0933. The van der Waals surface area contributed by atoms with Gasteiger partial charge in [-0.25, -0.2) is 0 Å². The predicted octanol–water partition coefficient (Wildman–Crippen LogP) is 4.18. The summed E-state index contributed by atoms with van der Waals surface area (Å²) >= 11 is 2.26. The Morgan fingerprint density at radius 2 is 2.08 bits per heavy atom. The molecule has 0 spiro atoms. The van der Waals surface area contributed by atoms with Gasteiger partial charge in [0.1, 0.15) is 11.5 Å². The van der Waals surface area contributed by atoms with E-state index >= 15 is 0 Å². The average molecular weight is 435 g/mol. The van der Waals surface area contributed by atoms with Crippen LogP contribution in [-0.4, -0.2) is 15.6 Å². The molecular formula is C18H18IN3O2. The zero-order chi connectivity index (χ0) is 17.3. The summed E-state index contributed by atoms with van der Waals surface area (Å²) in [7, 11) is 0. The van der Waals surface area contributed by atoms with E-state index in [2.05, 4.69) is 33.1 Å². The summed E-state index contributed by atoms with van der Waals surface area (Å²) in [6.07, 6.45) is 1.89. The van der Waals surface area contributed by atoms with Gasteiger partial charge in [-0.05, 0) is 73.7 Å². The third kappa shape index (κ3) is 3.24. The molecule has 0 saturated heterocycles. The van der Waals surface area contributed by atoms with Gasteiger partial charge in [-0.15, -0.1) is 0 Å². The highest BCUT2D eigenvalue weighted by Crippen LogP contribution is 2.22. The number of aryl methyl sites for hydroxylation is 2. The number of aromatic nitrogens is 2. The average Bonchev–Trinajstić information content (AvgIpc) is 3.14. The van der Waals surface area contributed by atoms with Gasteiger partial charge in [-0.2, -0.15) is 0 Å². The summed E-state index contributed by atoms with van der Waals surface area (Å²) in [5, 5.41) is 6.98. The van der Waals surface area contributed by atoms with Crippen LogP contribution in [0, 0.1) is 17.4 Å². The first kappa shape index (κ1) is 16.8. The van der Waals surface area contributed by atoms with E-state index in [0.29, 0.717) is 5.69 Å². The molecule has 0 aliphatic rings. The van der Waals surface area contributed by atoms with Crippen LogP contribution >= 0.6 is 22.6 Å². The Morgan fingerprint density at radius 3 is 2.75 bits per heavy atom. The molecule has 2 heterocycles. The van der Waals surface area contributed by atoms with Gasteiger partial charge < -0.3 is 14.4 Å². The van der Waals surface area contributed by atoms with Gasteiger partial charge in [-0.3, -0.25) is 4.79 Å². The molecule has 0 bridgehead atoms. The monoisotopic (exact) mass is 435 g/mol. The highest BCUT2D eigenvalue weighted by Gasteiger charge is 2.20. The number of rotatable bonds is 4. The standard InChI is InChI=1S/C18H18IN3O2/c1-11(17-12(2)21-24-13(17)3)20-18(23)16-8-5-9-22(16)15-7-4-6-14(19)10-15/h4-11H,1-3H3,(H,20,23). The molecule has 0 aliphatic carbocycles. The zero-order valence-electron chi connectivity index (χ0n) is 13.7. The maximum atomic E-state index is 12.7. The minimum absolute atomic E-state index is 0.133. The Balaban J connectivity index is 1.86. The largest absolute Gasteiger partial charge is 0.361 e. The van der Waals surface area contributed by atoms with E-state index in [1.165, 1.54) is 0 Å². The lowest BCUT2D eigenvalue weighted by atomic mass is 10.1. The Labute approximate surface area is 154 Å². The molecule has 0 saturated carbocycles. The van der Waals surface area contributed by atoms with Crippen LogP contribution in [-0.2, 0) is 0 Å². The van der Waals surface area contributed by atoms with Gasteiger partial charge in [-0.1, -0.05) is 11.2 Å². The molecule has 1 atom stereocenters. The van der Waals surface area contributed by atoms with E-state index in [9.17, 15) is 4.79 Å². The fraction of sp³-hybridized carbons (Fsp3) is 0.222. The van der Waals surface area contributed by atoms with E-state index in [-0.39, 0.29) is 11.9 Å². The van der Waals surface area contributed by atoms with Crippen molar-refractivity contribution >= 4 is 28.5 Å². The Bertz CT molecular complexity index is 863. The number of carbonyl (C=O) groups is 1. The van der Waals surface area contributed by atoms with Crippen molar-refractivity contribution in [2.45, 2.75) is 26.8 Å². The number of nitrogens with one attached hydrogen (secondary N) is 1. The molecule has 5 nitrogen and oxygen atoms in total. The third-order valence-electron chi connectivity index (χ3n) is 3.94. The van der Waals surface area contributed by atoms with Crippen LogP contribution in [0.1, 0.15) is 40.5 Å². The van der Waals surface area contributed by atoms with Crippen molar-refractivity contribution in [2.24, 2.45) is 0 Å². The molecule has 124 valence electrons. The number of hydrogen-bond acceptors (Lipinski definition) is 3. The third-order valence-corrected chi connectivity index (χ3v) is 4.61. The van der Waals surface area contributed by atoms with Crippen molar-refractivity contribution in [3.63, 3.8) is 0 Å². The van der Waals surface area contributed by atoms with Crippen molar-refractivity contribution in [1.29, 1.82) is 0 Å². The molecule has 6 heteroatoms. The van der Waals surface area contributed by atoms with Gasteiger partial charge in [0.2, 0.25) is 0 Å². The summed E-state index contributed by atoms with van der Waals surface area (Å²) in [5.41, 5.74) is 3.28. The number of amides is 1. The minimum Gasteiger partial charge on any atom is -0.361 e. The maximum Gasteiger partial charge on any atom is 0.268 e.